The molecule has 0 radical (unpaired) electrons. The number of H-pyrrole nitrogens is 1. The first-order chi connectivity index (χ1) is 11.2. The summed E-state index contributed by atoms with van der Waals surface area (Å²) in [6.45, 7) is 4.59. The number of hydrogen-bond acceptors (Lipinski definition) is 4. The second-order valence-electron chi connectivity index (χ2n) is 5.62. The molecule has 0 spiro atoms. The molecule has 3 aromatic rings. The molecular formula is C16H18N4O2S. The van der Waals surface area contributed by atoms with Crippen LogP contribution in [0.3, 0.4) is 0 Å². The van der Waals surface area contributed by atoms with E-state index in [9.17, 15) is 4.79 Å². The van der Waals surface area contributed by atoms with Crippen molar-refractivity contribution in [3.05, 3.63) is 41.2 Å². The van der Waals surface area contributed by atoms with E-state index in [1.165, 1.54) is 0 Å². The zero-order valence-electron chi connectivity index (χ0n) is 12.9. The minimum absolute atomic E-state index is 0.0320. The average Bonchev–Trinajstić information content (AvgIpc) is 3.29. The Morgan fingerprint density at radius 2 is 2.48 bits per heavy atom. The van der Waals surface area contributed by atoms with Gasteiger partial charge in [0.2, 0.25) is 0 Å². The van der Waals surface area contributed by atoms with Gasteiger partial charge >= 0.3 is 0 Å². The predicted octanol–water partition coefficient (Wildman–Crippen LogP) is 2.66. The summed E-state index contributed by atoms with van der Waals surface area (Å²) in [6, 6.07) is 3.93. The van der Waals surface area contributed by atoms with Gasteiger partial charge in [0, 0.05) is 24.8 Å². The number of amides is 1. The van der Waals surface area contributed by atoms with Crippen molar-refractivity contribution in [1.29, 1.82) is 0 Å². The molecule has 1 aliphatic heterocycles. The first-order valence-electron chi connectivity index (χ1n) is 7.74. The largest absolute Gasteiger partial charge is 0.370 e. The number of rotatable bonds is 3. The molecular weight excluding hydrogens is 312 g/mol. The Hall–Kier alpha value is -2.12. The lowest BCUT2D eigenvalue weighted by Crippen LogP contribution is -2.42. The van der Waals surface area contributed by atoms with E-state index in [4.69, 9.17) is 4.74 Å². The number of carbonyl (C=O) groups is 1. The first kappa shape index (κ1) is 14.5. The van der Waals surface area contributed by atoms with Gasteiger partial charge in [0.25, 0.3) is 5.91 Å². The quantitative estimate of drug-likeness (QED) is 0.803. The first-order valence-corrected chi connectivity index (χ1v) is 8.62. The Kier molecular flexibility index (Phi) is 3.66. The van der Waals surface area contributed by atoms with Crippen LogP contribution in [0.1, 0.15) is 29.1 Å². The summed E-state index contributed by atoms with van der Waals surface area (Å²) >= 11 is 1.64. The van der Waals surface area contributed by atoms with Crippen LogP contribution in [0.25, 0.3) is 10.2 Å². The van der Waals surface area contributed by atoms with Crippen LogP contribution in [0.15, 0.2) is 29.9 Å². The highest BCUT2D eigenvalue weighted by Gasteiger charge is 2.27. The molecule has 1 saturated heterocycles. The Morgan fingerprint density at radius 1 is 1.57 bits per heavy atom. The van der Waals surface area contributed by atoms with Gasteiger partial charge < -0.3 is 14.6 Å². The van der Waals surface area contributed by atoms with Crippen LogP contribution in [-0.4, -0.2) is 45.3 Å². The van der Waals surface area contributed by atoms with Gasteiger partial charge in [-0.3, -0.25) is 9.48 Å². The van der Waals surface area contributed by atoms with Crippen LogP contribution >= 0.6 is 11.3 Å². The topological polar surface area (TPSA) is 63.2 Å². The maximum absolute atomic E-state index is 12.7. The third kappa shape index (κ3) is 2.66. The van der Waals surface area contributed by atoms with Gasteiger partial charge in [0.05, 0.1) is 29.6 Å². The highest BCUT2D eigenvalue weighted by atomic mass is 32.1. The second kappa shape index (κ2) is 5.82. The normalized spacial score (nSPS) is 18.7. The van der Waals surface area contributed by atoms with Crippen LogP contribution < -0.4 is 0 Å². The summed E-state index contributed by atoms with van der Waals surface area (Å²) in [5.41, 5.74) is 2.70. The van der Waals surface area contributed by atoms with Crippen LogP contribution in [0.2, 0.25) is 0 Å². The summed E-state index contributed by atoms with van der Waals surface area (Å²) in [5, 5.41) is 6.31. The van der Waals surface area contributed by atoms with E-state index in [1.54, 1.807) is 11.3 Å². The summed E-state index contributed by atoms with van der Waals surface area (Å²) in [6.07, 6.45) is 3.71. The Labute approximate surface area is 137 Å². The fourth-order valence-electron chi connectivity index (χ4n) is 2.89. The summed E-state index contributed by atoms with van der Waals surface area (Å²) in [4.78, 5) is 17.8. The second-order valence-corrected chi connectivity index (χ2v) is 6.57. The van der Waals surface area contributed by atoms with E-state index in [-0.39, 0.29) is 12.0 Å². The minimum Gasteiger partial charge on any atom is -0.370 e. The van der Waals surface area contributed by atoms with Crippen LogP contribution in [0, 0.1) is 0 Å². The van der Waals surface area contributed by atoms with Crippen molar-refractivity contribution in [2.24, 2.45) is 0 Å². The summed E-state index contributed by atoms with van der Waals surface area (Å²) in [7, 11) is 0. The standard InChI is InChI=1S/C16H18N4O2S/c1-2-20-9-11(8-17-20)14-10-19(4-5-22-14)16(21)13-7-15-12(18-13)3-6-23-15/h3,6-9,14,18H,2,4-5,10H2,1H3/t14-/m1/s1. The maximum Gasteiger partial charge on any atom is 0.270 e. The number of aryl methyl sites for hydroxylation is 1. The molecule has 1 fully saturated rings. The van der Waals surface area contributed by atoms with Gasteiger partial charge in [-0.1, -0.05) is 0 Å². The van der Waals surface area contributed by atoms with Crippen molar-refractivity contribution in [2.45, 2.75) is 19.6 Å². The Morgan fingerprint density at radius 3 is 3.26 bits per heavy atom. The van der Waals surface area contributed by atoms with Gasteiger partial charge in [-0.2, -0.15) is 5.10 Å². The SMILES string of the molecule is CCn1cc([C@H]2CN(C(=O)c3cc4sccc4[nH]3)CCO2)cn1. The molecule has 6 nitrogen and oxygen atoms in total. The van der Waals surface area contributed by atoms with Crippen molar-refractivity contribution in [2.75, 3.05) is 19.7 Å². The van der Waals surface area contributed by atoms with Crippen molar-refractivity contribution >= 4 is 27.5 Å². The van der Waals surface area contributed by atoms with Gasteiger partial charge in [-0.05, 0) is 24.4 Å². The molecule has 0 bridgehead atoms. The lowest BCUT2D eigenvalue weighted by Gasteiger charge is -2.32. The molecule has 1 atom stereocenters. The van der Waals surface area contributed by atoms with E-state index in [0.717, 1.165) is 22.3 Å². The molecule has 0 aliphatic carbocycles. The fraction of sp³-hybridized carbons (Fsp3) is 0.375. The molecule has 3 aromatic heterocycles. The van der Waals surface area contributed by atoms with E-state index in [2.05, 4.69) is 10.1 Å². The maximum atomic E-state index is 12.7. The van der Waals surface area contributed by atoms with Gasteiger partial charge in [-0.15, -0.1) is 11.3 Å². The molecule has 1 aliphatic rings. The third-order valence-electron chi connectivity index (χ3n) is 4.17. The van der Waals surface area contributed by atoms with E-state index in [0.29, 0.717) is 25.4 Å². The number of aromatic nitrogens is 3. The van der Waals surface area contributed by atoms with Gasteiger partial charge in [0.15, 0.2) is 0 Å². The Balaban J connectivity index is 1.52. The van der Waals surface area contributed by atoms with E-state index < -0.39 is 0 Å². The molecule has 0 saturated carbocycles. The number of nitrogens with zero attached hydrogens (tertiary/aromatic N) is 3. The number of carbonyl (C=O) groups excluding carboxylic acids is 1. The predicted molar refractivity (Wildman–Crippen MR) is 88.7 cm³/mol. The lowest BCUT2D eigenvalue weighted by atomic mass is 10.1. The van der Waals surface area contributed by atoms with Crippen molar-refractivity contribution < 1.29 is 9.53 Å². The number of nitrogens with one attached hydrogen (secondary N) is 1. The Bertz CT molecular complexity index is 805. The summed E-state index contributed by atoms with van der Waals surface area (Å²) in [5.74, 6) is 0.0320. The van der Waals surface area contributed by atoms with E-state index in [1.807, 2.05) is 46.4 Å². The zero-order valence-corrected chi connectivity index (χ0v) is 13.7. The van der Waals surface area contributed by atoms with Gasteiger partial charge in [-0.25, -0.2) is 0 Å². The van der Waals surface area contributed by atoms with E-state index >= 15 is 0 Å². The molecule has 7 heteroatoms. The van der Waals surface area contributed by atoms with Crippen molar-refractivity contribution in [3.8, 4) is 0 Å². The zero-order chi connectivity index (χ0) is 15.8. The summed E-state index contributed by atoms with van der Waals surface area (Å²) < 4.78 is 8.81. The third-order valence-corrected chi connectivity index (χ3v) is 5.04. The lowest BCUT2D eigenvalue weighted by molar-refractivity contribution is -0.0230. The highest BCUT2D eigenvalue weighted by molar-refractivity contribution is 7.17. The number of thiophene rings is 1. The number of ether oxygens (including phenoxy) is 1. The minimum atomic E-state index is -0.107. The highest BCUT2D eigenvalue weighted by Crippen LogP contribution is 2.25. The fourth-order valence-corrected chi connectivity index (χ4v) is 3.67. The molecule has 1 N–H and O–H groups in total. The molecule has 120 valence electrons. The molecule has 23 heavy (non-hydrogen) atoms. The number of morpholine rings is 1. The van der Waals surface area contributed by atoms with Crippen molar-refractivity contribution in [3.63, 3.8) is 0 Å². The molecule has 4 heterocycles. The smallest absolute Gasteiger partial charge is 0.270 e. The molecule has 0 aromatic carbocycles. The molecule has 0 unspecified atom stereocenters. The van der Waals surface area contributed by atoms with Crippen LogP contribution in [-0.2, 0) is 11.3 Å². The van der Waals surface area contributed by atoms with Crippen LogP contribution in [0.4, 0.5) is 0 Å². The average molecular weight is 330 g/mol. The number of hydrogen-bond donors (Lipinski definition) is 1. The van der Waals surface area contributed by atoms with Gasteiger partial charge in [0.1, 0.15) is 11.8 Å². The molecule has 1 amide bonds. The number of aromatic amines is 1. The number of fused-ring (bicyclic) bond motifs is 1. The molecule has 4 rings (SSSR count). The van der Waals surface area contributed by atoms with Crippen molar-refractivity contribution in [1.82, 2.24) is 19.7 Å². The monoisotopic (exact) mass is 330 g/mol. The van der Waals surface area contributed by atoms with Crippen LogP contribution in [0.5, 0.6) is 0 Å².